The van der Waals surface area contributed by atoms with Crippen molar-refractivity contribution >= 4 is 11.8 Å². The number of ketones is 1. The Morgan fingerprint density at radius 2 is 2.00 bits per heavy atom. The van der Waals surface area contributed by atoms with Crippen LogP contribution in [-0.4, -0.2) is 38.7 Å². The molecule has 0 aromatic rings. The lowest BCUT2D eigenvalue weighted by molar-refractivity contribution is -0.150. The molecule has 12 heavy (non-hydrogen) atoms. The number of nitrogens with one attached hydrogen (secondary N) is 1. The summed E-state index contributed by atoms with van der Waals surface area (Å²) in [7, 11) is 1.66. The highest BCUT2D eigenvalue weighted by Gasteiger charge is 2.02. The Morgan fingerprint density at radius 3 is 2.50 bits per heavy atom. The topological polar surface area (TPSA) is 64.6 Å². The number of carbonyl (C=O) groups excluding carboxylic acids is 2. The first-order chi connectivity index (χ1) is 5.66. The molecule has 0 heterocycles. The molecule has 0 fully saturated rings. The molecule has 0 bridgehead atoms. The summed E-state index contributed by atoms with van der Waals surface area (Å²) in [6.45, 7) is 1.32. The fraction of sp³-hybridized carbons (Fsp3) is 0.714. The lowest BCUT2D eigenvalue weighted by Gasteiger charge is -2.02. The molecular formula is C7H13NO4. The molecule has 0 spiro atoms. The van der Waals surface area contributed by atoms with Crippen molar-refractivity contribution in [3.63, 3.8) is 0 Å². The van der Waals surface area contributed by atoms with Crippen LogP contribution in [0.15, 0.2) is 0 Å². The largest absolute Gasteiger partial charge is 0.448 e. The van der Waals surface area contributed by atoms with E-state index in [-0.39, 0.29) is 25.7 Å². The summed E-state index contributed by atoms with van der Waals surface area (Å²) in [6.07, 6.45) is 0. The van der Waals surface area contributed by atoms with E-state index in [0.717, 1.165) is 0 Å². The minimum absolute atomic E-state index is 0.0470. The Bertz CT molecular complexity index is 157. The van der Waals surface area contributed by atoms with E-state index < -0.39 is 5.97 Å². The first-order valence-corrected chi connectivity index (χ1v) is 3.54. The number of rotatable bonds is 6. The first-order valence-electron chi connectivity index (χ1n) is 3.54. The van der Waals surface area contributed by atoms with Crippen LogP contribution in [0, 0.1) is 0 Å². The molecule has 70 valence electrons. The van der Waals surface area contributed by atoms with Crippen LogP contribution in [0.3, 0.4) is 0 Å². The van der Waals surface area contributed by atoms with Crippen LogP contribution < -0.4 is 5.32 Å². The summed E-state index contributed by atoms with van der Waals surface area (Å²) in [4.78, 5) is 21.0. The van der Waals surface area contributed by atoms with Gasteiger partial charge in [-0.2, -0.15) is 0 Å². The van der Waals surface area contributed by atoms with E-state index in [1.165, 1.54) is 6.92 Å². The van der Waals surface area contributed by atoms with Crippen molar-refractivity contribution in [2.75, 3.05) is 27.0 Å². The number of esters is 1. The van der Waals surface area contributed by atoms with Gasteiger partial charge in [-0.3, -0.25) is 10.1 Å². The smallest absolute Gasteiger partial charge is 0.333 e. The predicted molar refractivity (Wildman–Crippen MR) is 41.5 cm³/mol. The summed E-state index contributed by atoms with van der Waals surface area (Å²) in [6, 6.07) is 0. The molecule has 0 saturated carbocycles. The zero-order valence-corrected chi connectivity index (χ0v) is 7.25. The van der Waals surface area contributed by atoms with Crippen LogP contribution in [0.1, 0.15) is 6.92 Å². The lowest BCUT2D eigenvalue weighted by Crippen LogP contribution is -2.21. The summed E-state index contributed by atoms with van der Waals surface area (Å²) in [5, 5.41) is 2.63. The SMILES string of the molecule is CNCOC(=O)COCC(C)=O. The summed E-state index contributed by atoms with van der Waals surface area (Å²) in [5.41, 5.74) is 0. The van der Waals surface area contributed by atoms with E-state index in [1.54, 1.807) is 7.05 Å². The van der Waals surface area contributed by atoms with E-state index in [1.807, 2.05) is 0 Å². The molecule has 0 amide bonds. The second-order valence-corrected chi connectivity index (χ2v) is 2.21. The molecule has 0 rings (SSSR count). The fourth-order valence-corrected chi connectivity index (χ4v) is 0.472. The standard InChI is InChI=1S/C7H13NO4/c1-6(9)3-11-4-7(10)12-5-8-2/h8H,3-5H2,1-2H3. The van der Waals surface area contributed by atoms with Crippen molar-refractivity contribution in [2.24, 2.45) is 0 Å². The molecule has 0 atom stereocenters. The lowest BCUT2D eigenvalue weighted by atomic mass is 10.5. The molecule has 0 unspecified atom stereocenters. The van der Waals surface area contributed by atoms with Crippen LogP contribution in [-0.2, 0) is 19.1 Å². The van der Waals surface area contributed by atoms with Gasteiger partial charge in [-0.1, -0.05) is 0 Å². The number of ether oxygens (including phenoxy) is 2. The van der Waals surface area contributed by atoms with Crippen LogP contribution in [0.5, 0.6) is 0 Å². The second kappa shape index (κ2) is 6.75. The van der Waals surface area contributed by atoms with Gasteiger partial charge in [-0.25, -0.2) is 4.79 Å². The summed E-state index contributed by atoms with van der Waals surface area (Å²) >= 11 is 0. The second-order valence-electron chi connectivity index (χ2n) is 2.21. The Labute approximate surface area is 71.0 Å². The van der Waals surface area contributed by atoms with Crippen LogP contribution in [0.4, 0.5) is 0 Å². The molecule has 0 radical (unpaired) electrons. The van der Waals surface area contributed by atoms with Gasteiger partial charge in [0.1, 0.15) is 19.9 Å². The van der Waals surface area contributed by atoms with E-state index in [2.05, 4.69) is 10.1 Å². The van der Waals surface area contributed by atoms with Crippen LogP contribution >= 0.6 is 0 Å². The molecular weight excluding hydrogens is 162 g/mol. The molecule has 5 heteroatoms. The highest BCUT2D eigenvalue weighted by molar-refractivity contribution is 5.77. The predicted octanol–water partition coefficient (Wildman–Crippen LogP) is -0.688. The Hall–Kier alpha value is -0.940. The van der Waals surface area contributed by atoms with E-state index in [4.69, 9.17) is 4.74 Å². The minimum Gasteiger partial charge on any atom is -0.448 e. The normalized spacial score (nSPS) is 9.50. The molecule has 0 aliphatic carbocycles. The average molecular weight is 175 g/mol. The maximum atomic E-state index is 10.7. The van der Waals surface area contributed by atoms with Crippen molar-refractivity contribution in [2.45, 2.75) is 6.92 Å². The third-order valence-electron chi connectivity index (χ3n) is 0.903. The molecule has 0 aliphatic rings. The number of hydrogen-bond donors (Lipinski definition) is 1. The van der Waals surface area contributed by atoms with Gasteiger partial charge in [-0.15, -0.1) is 0 Å². The number of Topliss-reactive ketones (excluding diaryl/α,β-unsaturated/α-hetero) is 1. The minimum atomic E-state index is -0.481. The Kier molecular flexibility index (Phi) is 6.22. The molecule has 0 aromatic heterocycles. The number of carbonyl (C=O) groups is 2. The number of hydrogen-bond acceptors (Lipinski definition) is 5. The van der Waals surface area contributed by atoms with Gasteiger partial charge < -0.3 is 9.47 Å². The molecule has 0 saturated heterocycles. The average Bonchev–Trinajstić information content (AvgIpc) is 2.00. The van der Waals surface area contributed by atoms with E-state index >= 15 is 0 Å². The third kappa shape index (κ3) is 7.17. The molecule has 0 aromatic carbocycles. The van der Waals surface area contributed by atoms with Gasteiger partial charge in [-0.05, 0) is 14.0 Å². The molecule has 0 aliphatic heterocycles. The van der Waals surface area contributed by atoms with Crippen molar-refractivity contribution in [3.8, 4) is 0 Å². The monoisotopic (exact) mass is 175 g/mol. The van der Waals surface area contributed by atoms with E-state index in [9.17, 15) is 9.59 Å². The summed E-state index contributed by atoms with van der Waals surface area (Å²) < 4.78 is 9.29. The van der Waals surface area contributed by atoms with Gasteiger partial charge in [0.25, 0.3) is 0 Å². The van der Waals surface area contributed by atoms with Crippen LogP contribution in [0.2, 0.25) is 0 Å². The Morgan fingerprint density at radius 1 is 1.33 bits per heavy atom. The quantitative estimate of drug-likeness (QED) is 0.427. The van der Waals surface area contributed by atoms with Gasteiger partial charge in [0.2, 0.25) is 0 Å². The highest BCUT2D eigenvalue weighted by Crippen LogP contribution is 1.80. The molecule has 5 nitrogen and oxygen atoms in total. The Balaban J connectivity index is 3.25. The molecule has 1 N–H and O–H groups in total. The van der Waals surface area contributed by atoms with Crippen LogP contribution in [0.25, 0.3) is 0 Å². The van der Waals surface area contributed by atoms with Crippen molar-refractivity contribution in [1.29, 1.82) is 0 Å². The highest BCUT2D eigenvalue weighted by atomic mass is 16.6. The van der Waals surface area contributed by atoms with Crippen molar-refractivity contribution in [1.82, 2.24) is 5.32 Å². The van der Waals surface area contributed by atoms with E-state index in [0.29, 0.717) is 0 Å². The van der Waals surface area contributed by atoms with Crippen molar-refractivity contribution < 1.29 is 19.1 Å². The zero-order chi connectivity index (χ0) is 9.40. The van der Waals surface area contributed by atoms with Crippen molar-refractivity contribution in [3.05, 3.63) is 0 Å². The zero-order valence-electron chi connectivity index (χ0n) is 7.25. The van der Waals surface area contributed by atoms with Gasteiger partial charge in [0.15, 0.2) is 5.78 Å². The maximum Gasteiger partial charge on any atom is 0.333 e. The fourth-order valence-electron chi connectivity index (χ4n) is 0.472. The van der Waals surface area contributed by atoms with Gasteiger partial charge in [0, 0.05) is 0 Å². The third-order valence-corrected chi connectivity index (χ3v) is 0.903. The first kappa shape index (κ1) is 11.1. The van der Waals surface area contributed by atoms with Gasteiger partial charge in [0.05, 0.1) is 0 Å². The maximum absolute atomic E-state index is 10.7. The summed E-state index contributed by atoms with van der Waals surface area (Å²) in [5.74, 6) is -0.595. The van der Waals surface area contributed by atoms with Gasteiger partial charge >= 0.3 is 5.97 Å².